The Kier molecular flexibility index (Phi) is 6.09. The van der Waals surface area contributed by atoms with E-state index in [4.69, 9.17) is 4.74 Å². The van der Waals surface area contributed by atoms with Gasteiger partial charge in [-0.2, -0.15) is 13.2 Å². The maximum Gasteiger partial charge on any atom is 0.411 e. The summed E-state index contributed by atoms with van der Waals surface area (Å²) in [6.07, 6.45) is -5.13. The molecule has 0 aromatic heterocycles. The molecule has 1 N–H and O–H groups in total. The summed E-state index contributed by atoms with van der Waals surface area (Å²) in [6.45, 7) is -1.46. The lowest BCUT2D eigenvalue weighted by molar-refractivity contribution is -0.175. The fourth-order valence-corrected chi connectivity index (χ4v) is 2.00. The van der Waals surface area contributed by atoms with E-state index in [1.165, 1.54) is 7.11 Å². The highest BCUT2D eigenvalue weighted by Crippen LogP contribution is 2.29. The van der Waals surface area contributed by atoms with Gasteiger partial charge in [-0.15, -0.1) is 0 Å². The lowest BCUT2D eigenvalue weighted by atomic mass is 10.1. The van der Waals surface area contributed by atoms with Gasteiger partial charge in [-0.1, -0.05) is 6.07 Å². The van der Waals surface area contributed by atoms with Gasteiger partial charge in [0.2, 0.25) is 0 Å². The van der Waals surface area contributed by atoms with Crippen LogP contribution < -0.4 is 4.74 Å². The molecule has 0 aliphatic rings. The second kappa shape index (κ2) is 7.12. The highest BCUT2D eigenvalue weighted by atomic mass is 79.9. The molecule has 19 heavy (non-hydrogen) atoms. The van der Waals surface area contributed by atoms with Gasteiger partial charge in [-0.25, -0.2) is 0 Å². The van der Waals surface area contributed by atoms with Gasteiger partial charge in [0.25, 0.3) is 0 Å². The van der Waals surface area contributed by atoms with E-state index in [2.05, 4.69) is 20.7 Å². The van der Waals surface area contributed by atoms with E-state index in [0.717, 1.165) is 0 Å². The SMILES string of the molecule is COc1ccc(C(O)CCOCC(F)(F)F)cc1Br. The topological polar surface area (TPSA) is 38.7 Å². The van der Waals surface area contributed by atoms with Gasteiger partial charge in [-0.05, 0) is 33.6 Å². The number of alkyl halides is 3. The molecule has 3 nitrogen and oxygen atoms in total. The van der Waals surface area contributed by atoms with Gasteiger partial charge in [0.05, 0.1) is 17.7 Å². The Hall–Kier alpha value is -0.790. The molecule has 0 saturated carbocycles. The van der Waals surface area contributed by atoms with Crippen LogP contribution in [0, 0.1) is 0 Å². The van der Waals surface area contributed by atoms with Crippen LogP contribution in [0.1, 0.15) is 18.1 Å². The Morgan fingerprint density at radius 1 is 1.37 bits per heavy atom. The first-order valence-corrected chi connectivity index (χ1v) is 6.29. The minimum Gasteiger partial charge on any atom is -0.496 e. The Morgan fingerprint density at radius 3 is 2.58 bits per heavy atom. The second-order valence-corrected chi connectivity index (χ2v) is 4.72. The van der Waals surface area contributed by atoms with Crippen molar-refractivity contribution < 1.29 is 27.8 Å². The van der Waals surface area contributed by atoms with Gasteiger partial charge in [0.1, 0.15) is 12.4 Å². The average Bonchev–Trinajstić information content (AvgIpc) is 2.33. The summed E-state index contributed by atoms with van der Waals surface area (Å²) in [7, 11) is 1.52. The maximum absolute atomic E-state index is 11.8. The summed E-state index contributed by atoms with van der Waals surface area (Å²) < 4.78 is 45.6. The third-order valence-electron chi connectivity index (χ3n) is 2.36. The van der Waals surface area contributed by atoms with Crippen LogP contribution in [0.2, 0.25) is 0 Å². The molecule has 0 heterocycles. The Balaban J connectivity index is 2.45. The van der Waals surface area contributed by atoms with Crippen molar-refractivity contribution >= 4 is 15.9 Å². The Bertz CT molecular complexity index is 410. The normalized spacial score (nSPS) is 13.4. The van der Waals surface area contributed by atoms with Crippen LogP contribution >= 0.6 is 15.9 Å². The van der Waals surface area contributed by atoms with E-state index >= 15 is 0 Å². The van der Waals surface area contributed by atoms with Crippen molar-refractivity contribution in [2.45, 2.75) is 18.7 Å². The minimum absolute atomic E-state index is 0.0921. The Morgan fingerprint density at radius 2 is 2.05 bits per heavy atom. The summed E-state index contributed by atoms with van der Waals surface area (Å²) in [5, 5.41) is 9.82. The van der Waals surface area contributed by atoms with Gasteiger partial charge >= 0.3 is 6.18 Å². The summed E-state index contributed by atoms with van der Waals surface area (Å²) >= 11 is 3.27. The molecule has 1 rings (SSSR count). The van der Waals surface area contributed by atoms with Crippen LogP contribution in [0.5, 0.6) is 5.75 Å². The van der Waals surface area contributed by atoms with Crippen molar-refractivity contribution in [3.63, 3.8) is 0 Å². The molecule has 0 saturated heterocycles. The van der Waals surface area contributed by atoms with E-state index in [0.29, 0.717) is 15.8 Å². The average molecular weight is 343 g/mol. The van der Waals surface area contributed by atoms with E-state index in [-0.39, 0.29) is 13.0 Å². The predicted octanol–water partition coefficient (Wildman–Crippen LogP) is 3.46. The number of aliphatic hydroxyl groups excluding tert-OH is 1. The lowest BCUT2D eigenvalue weighted by Gasteiger charge is -2.13. The highest BCUT2D eigenvalue weighted by Gasteiger charge is 2.27. The highest BCUT2D eigenvalue weighted by molar-refractivity contribution is 9.10. The zero-order valence-electron chi connectivity index (χ0n) is 10.2. The van der Waals surface area contributed by atoms with Crippen LogP contribution in [0.25, 0.3) is 0 Å². The van der Waals surface area contributed by atoms with Crippen molar-refractivity contribution in [1.29, 1.82) is 0 Å². The maximum atomic E-state index is 11.8. The van der Waals surface area contributed by atoms with Crippen LogP contribution in [0.4, 0.5) is 13.2 Å². The van der Waals surface area contributed by atoms with Crippen LogP contribution in [0.3, 0.4) is 0 Å². The number of halogens is 4. The number of aliphatic hydroxyl groups is 1. The summed E-state index contributed by atoms with van der Waals surface area (Å²) in [5.74, 6) is 0.615. The monoisotopic (exact) mass is 342 g/mol. The molecule has 1 aromatic rings. The predicted molar refractivity (Wildman–Crippen MR) is 67.1 cm³/mol. The first-order chi connectivity index (χ1) is 8.83. The minimum atomic E-state index is -4.34. The third-order valence-corrected chi connectivity index (χ3v) is 2.98. The Labute approximate surface area is 117 Å². The van der Waals surface area contributed by atoms with Crippen LogP contribution in [-0.4, -0.2) is 31.6 Å². The molecular weight excluding hydrogens is 329 g/mol. The molecule has 1 atom stereocenters. The van der Waals surface area contributed by atoms with E-state index in [1.54, 1.807) is 18.2 Å². The fraction of sp³-hybridized carbons (Fsp3) is 0.500. The molecular formula is C12H14BrF3O3. The first-order valence-electron chi connectivity index (χ1n) is 5.49. The van der Waals surface area contributed by atoms with Gasteiger partial charge < -0.3 is 14.6 Å². The smallest absolute Gasteiger partial charge is 0.411 e. The molecule has 0 spiro atoms. The zero-order valence-corrected chi connectivity index (χ0v) is 11.8. The molecule has 0 aliphatic carbocycles. The van der Waals surface area contributed by atoms with Crippen molar-refractivity contribution in [3.05, 3.63) is 28.2 Å². The molecule has 0 radical (unpaired) electrons. The van der Waals surface area contributed by atoms with Crippen molar-refractivity contribution in [1.82, 2.24) is 0 Å². The molecule has 1 unspecified atom stereocenters. The summed E-state index contributed by atoms with van der Waals surface area (Å²) in [4.78, 5) is 0. The largest absolute Gasteiger partial charge is 0.496 e. The lowest BCUT2D eigenvalue weighted by Crippen LogP contribution is -2.18. The molecule has 108 valence electrons. The summed E-state index contributed by atoms with van der Waals surface area (Å²) in [6, 6.07) is 4.98. The van der Waals surface area contributed by atoms with Crippen molar-refractivity contribution in [3.8, 4) is 5.75 Å². The van der Waals surface area contributed by atoms with Crippen LogP contribution in [-0.2, 0) is 4.74 Å². The summed E-state index contributed by atoms with van der Waals surface area (Å²) in [5.41, 5.74) is 0.586. The molecule has 0 amide bonds. The van der Waals surface area contributed by atoms with Gasteiger partial charge in [0, 0.05) is 13.0 Å². The third kappa shape index (κ3) is 5.80. The fourth-order valence-electron chi connectivity index (χ4n) is 1.44. The number of methoxy groups -OCH3 is 1. The molecule has 0 aliphatic heterocycles. The quantitative estimate of drug-likeness (QED) is 0.804. The number of hydrogen-bond acceptors (Lipinski definition) is 3. The number of ether oxygens (including phenoxy) is 2. The second-order valence-electron chi connectivity index (χ2n) is 3.87. The van der Waals surface area contributed by atoms with E-state index in [9.17, 15) is 18.3 Å². The van der Waals surface area contributed by atoms with Crippen LogP contribution in [0.15, 0.2) is 22.7 Å². The first kappa shape index (κ1) is 16.3. The van der Waals surface area contributed by atoms with Crippen molar-refractivity contribution in [2.24, 2.45) is 0 Å². The standard InChI is InChI=1S/C12H14BrF3O3/c1-18-11-3-2-8(6-9(11)13)10(17)4-5-19-7-12(14,15)16/h2-3,6,10,17H,4-5,7H2,1H3. The number of hydrogen-bond donors (Lipinski definition) is 1. The van der Waals surface area contributed by atoms with E-state index < -0.39 is 18.9 Å². The van der Waals surface area contributed by atoms with E-state index in [1.807, 2.05) is 0 Å². The molecule has 0 fully saturated rings. The molecule has 1 aromatic carbocycles. The van der Waals surface area contributed by atoms with Gasteiger partial charge in [0.15, 0.2) is 0 Å². The van der Waals surface area contributed by atoms with Gasteiger partial charge in [-0.3, -0.25) is 0 Å². The molecule has 7 heteroatoms. The molecule has 0 bridgehead atoms. The number of benzene rings is 1. The number of rotatable bonds is 6. The zero-order chi connectivity index (χ0) is 14.5. The van der Waals surface area contributed by atoms with Crippen molar-refractivity contribution in [2.75, 3.05) is 20.3 Å².